The third-order valence-electron chi connectivity index (χ3n) is 7.18. The molecule has 1 nitrogen and oxygen atoms in total. The van der Waals surface area contributed by atoms with Gasteiger partial charge in [0, 0.05) is 22.8 Å². The summed E-state index contributed by atoms with van der Waals surface area (Å²) in [6.45, 7) is 8.98. The molecule has 1 aromatic heterocycles. The number of rotatable bonds is 3. The molecule has 1 heterocycles. The fraction of sp³-hybridized carbons (Fsp3) is 0.300. The monoisotopic (exact) mass is 403 g/mol. The Hall–Kier alpha value is -2.93. The van der Waals surface area contributed by atoms with Gasteiger partial charge in [-0.05, 0) is 84.7 Å². The molecule has 2 atom stereocenters. The topological polar surface area (TPSA) is 12.9 Å². The first-order chi connectivity index (χ1) is 15.0. The average Bonchev–Trinajstić information content (AvgIpc) is 3.30. The molecule has 2 unspecified atom stereocenters. The second kappa shape index (κ2) is 6.79. The predicted octanol–water partition coefficient (Wildman–Crippen LogP) is 7.70. The van der Waals surface area contributed by atoms with Gasteiger partial charge in [-0.1, -0.05) is 61.4 Å². The van der Waals surface area contributed by atoms with Crippen molar-refractivity contribution in [3.63, 3.8) is 0 Å². The summed E-state index contributed by atoms with van der Waals surface area (Å²) in [5.74, 6) is 1.63. The van der Waals surface area contributed by atoms with Gasteiger partial charge in [0.15, 0.2) is 0 Å². The van der Waals surface area contributed by atoms with E-state index >= 15 is 0 Å². The van der Waals surface area contributed by atoms with Crippen LogP contribution in [-0.2, 0) is 6.42 Å². The van der Waals surface area contributed by atoms with Crippen molar-refractivity contribution in [2.75, 3.05) is 0 Å². The molecule has 0 spiro atoms. The van der Waals surface area contributed by atoms with E-state index in [0.29, 0.717) is 17.8 Å². The number of aryl methyl sites for hydroxylation is 2. The molecule has 2 bridgehead atoms. The van der Waals surface area contributed by atoms with E-state index in [2.05, 4.69) is 88.4 Å². The van der Waals surface area contributed by atoms with Gasteiger partial charge in [0.25, 0.3) is 0 Å². The first-order valence-electron chi connectivity index (χ1n) is 11.6. The van der Waals surface area contributed by atoms with Crippen LogP contribution in [0.1, 0.15) is 71.0 Å². The minimum Gasteiger partial charge on any atom is -0.247 e. The van der Waals surface area contributed by atoms with Crippen molar-refractivity contribution in [3.8, 4) is 11.3 Å². The first-order valence-corrected chi connectivity index (χ1v) is 11.6. The summed E-state index contributed by atoms with van der Waals surface area (Å²) in [5, 5.41) is 1.38. The van der Waals surface area contributed by atoms with Crippen molar-refractivity contribution in [2.24, 2.45) is 5.92 Å². The molecule has 0 radical (unpaired) electrons. The molecular weight excluding hydrogens is 374 g/mol. The first kappa shape index (κ1) is 18.8. The van der Waals surface area contributed by atoms with E-state index in [1.807, 2.05) is 0 Å². The average molecular weight is 404 g/mol. The number of hydrogen-bond acceptors (Lipinski definition) is 1. The van der Waals surface area contributed by atoms with Crippen LogP contribution < -0.4 is 0 Å². The quantitative estimate of drug-likeness (QED) is 0.341. The molecule has 0 saturated carbocycles. The van der Waals surface area contributed by atoms with E-state index in [9.17, 15) is 0 Å². The highest BCUT2D eigenvalue weighted by Crippen LogP contribution is 2.59. The standard InChI is InChI=1S/C30H29N/c1-17(2)11-20-9-10-27-26(15-20)28-24-16-25(23-8-6-5-7-22(23)24)29(28)30(31-27)21-13-18(3)12-19(4)14-21/h5-10,12-15,17,24-25H,11,16H2,1-4H3. The normalized spacial score (nSPS) is 18.6. The predicted molar refractivity (Wildman–Crippen MR) is 130 cm³/mol. The van der Waals surface area contributed by atoms with E-state index in [4.69, 9.17) is 4.98 Å². The Morgan fingerprint density at radius 3 is 2.19 bits per heavy atom. The van der Waals surface area contributed by atoms with Crippen molar-refractivity contribution in [2.45, 2.75) is 52.4 Å². The maximum atomic E-state index is 5.31. The van der Waals surface area contributed by atoms with Crippen LogP contribution in [0.3, 0.4) is 0 Å². The van der Waals surface area contributed by atoms with Gasteiger partial charge in [-0.2, -0.15) is 0 Å². The Morgan fingerprint density at radius 2 is 1.52 bits per heavy atom. The number of benzene rings is 3. The molecule has 0 fully saturated rings. The highest BCUT2D eigenvalue weighted by atomic mass is 14.7. The summed E-state index contributed by atoms with van der Waals surface area (Å²) in [6, 6.07) is 23.0. The van der Waals surface area contributed by atoms with Crippen LogP contribution in [0.5, 0.6) is 0 Å². The molecule has 6 rings (SSSR count). The van der Waals surface area contributed by atoms with Gasteiger partial charge in [0.05, 0.1) is 11.2 Å². The molecule has 1 heteroatoms. The van der Waals surface area contributed by atoms with Crippen molar-refractivity contribution in [3.05, 3.63) is 99.6 Å². The zero-order valence-electron chi connectivity index (χ0n) is 18.9. The van der Waals surface area contributed by atoms with Crippen molar-refractivity contribution in [1.82, 2.24) is 4.98 Å². The van der Waals surface area contributed by atoms with Crippen LogP contribution in [0, 0.1) is 19.8 Å². The third-order valence-corrected chi connectivity index (χ3v) is 7.18. The lowest BCUT2D eigenvalue weighted by molar-refractivity contribution is 0.647. The fourth-order valence-electron chi connectivity index (χ4n) is 6.19. The zero-order chi connectivity index (χ0) is 21.3. The lowest BCUT2D eigenvalue weighted by atomic mass is 9.81. The Morgan fingerprint density at radius 1 is 0.839 bits per heavy atom. The van der Waals surface area contributed by atoms with Gasteiger partial charge in [0.2, 0.25) is 0 Å². The second-order valence-electron chi connectivity index (χ2n) is 10.1. The van der Waals surface area contributed by atoms with E-state index in [-0.39, 0.29) is 0 Å². The summed E-state index contributed by atoms with van der Waals surface area (Å²) >= 11 is 0. The Kier molecular flexibility index (Phi) is 4.12. The van der Waals surface area contributed by atoms with Crippen LogP contribution in [-0.4, -0.2) is 4.98 Å². The van der Waals surface area contributed by atoms with E-state index in [0.717, 1.165) is 11.9 Å². The SMILES string of the molecule is Cc1cc(C)cc(-c2nc3ccc(CC(C)C)cc3c3c2C2CC3c3ccccc32)c1. The van der Waals surface area contributed by atoms with Gasteiger partial charge in [-0.3, -0.25) is 0 Å². The van der Waals surface area contributed by atoms with Crippen LogP contribution in [0.15, 0.2) is 60.7 Å². The molecular formula is C30H29N. The molecule has 31 heavy (non-hydrogen) atoms. The van der Waals surface area contributed by atoms with Gasteiger partial charge < -0.3 is 0 Å². The van der Waals surface area contributed by atoms with E-state index in [1.165, 1.54) is 56.4 Å². The third kappa shape index (κ3) is 2.86. The van der Waals surface area contributed by atoms with Crippen LogP contribution in [0.25, 0.3) is 22.2 Å². The summed E-state index contributed by atoms with van der Waals surface area (Å²) in [4.78, 5) is 5.31. The molecule has 0 N–H and O–H groups in total. The largest absolute Gasteiger partial charge is 0.247 e. The number of hydrogen-bond donors (Lipinski definition) is 0. The second-order valence-corrected chi connectivity index (χ2v) is 10.1. The fourth-order valence-corrected chi connectivity index (χ4v) is 6.19. The van der Waals surface area contributed by atoms with Crippen molar-refractivity contribution in [1.29, 1.82) is 0 Å². The van der Waals surface area contributed by atoms with E-state index < -0.39 is 0 Å². The lowest BCUT2D eigenvalue weighted by Crippen LogP contribution is -2.08. The highest BCUT2D eigenvalue weighted by Gasteiger charge is 2.44. The van der Waals surface area contributed by atoms with Gasteiger partial charge in [-0.25, -0.2) is 4.98 Å². The number of fused-ring (bicyclic) bond motifs is 10. The molecule has 0 saturated heterocycles. The minimum atomic E-state index is 0.470. The summed E-state index contributed by atoms with van der Waals surface area (Å²) in [7, 11) is 0. The number of nitrogens with zero attached hydrogens (tertiary/aromatic N) is 1. The lowest BCUT2D eigenvalue weighted by Gasteiger charge is -2.24. The van der Waals surface area contributed by atoms with Crippen LogP contribution in [0.2, 0.25) is 0 Å². The molecule has 0 aliphatic heterocycles. The summed E-state index contributed by atoms with van der Waals surface area (Å²) < 4.78 is 0. The molecule has 2 aliphatic carbocycles. The molecule has 2 aliphatic rings. The zero-order valence-corrected chi connectivity index (χ0v) is 18.9. The Bertz CT molecular complexity index is 1320. The summed E-state index contributed by atoms with van der Waals surface area (Å²) in [6.07, 6.45) is 2.32. The van der Waals surface area contributed by atoms with Crippen molar-refractivity contribution < 1.29 is 0 Å². The molecule has 3 aromatic carbocycles. The number of pyridine rings is 1. The molecule has 154 valence electrons. The summed E-state index contributed by atoms with van der Waals surface area (Å²) in [5.41, 5.74) is 13.8. The Balaban J connectivity index is 1.66. The van der Waals surface area contributed by atoms with Crippen LogP contribution >= 0.6 is 0 Å². The Labute approximate surface area is 185 Å². The maximum Gasteiger partial charge on any atom is 0.0751 e. The van der Waals surface area contributed by atoms with Gasteiger partial charge >= 0.3 is 0 Å². The molecule has 0 amide bonds. The van der Waals surface area contributed by atoms with Gasteiger partial charge in [-0.15, -0.1) is 0 Å². The van der Waals surface area contributed by atoms with Crippen molar-refractivity contribution >= 4 is 10.9 Å². The maximum absolute atomic E-state index is 5.31. The highest BCUT2D eigenvalue weighted by molar-refractivity contribution is 5.92. The smallest absolute Gasteiger partial charge is 0.0751 e. The van der Waals surface area contributed by atoms with Crippen LogP contribution in [0.4, 0.5) is 0 Å². The van der Waals surface area contributed by atoms with Gasteiger partial charge in [0.1, 0.15) is 0 Å². The van der Waals surface area contributed by atoms with E-state index in [1.54, 1.807) is 5.56 Å². The molecule has 4 aromatic rings. The minimum absolute atomic E-state index is 0.470. The number of aromatic nitrogens is 1.